The van der Waals surface area contributed by atoms with Gasteiger partial charge in [-0.15, -0.1) is 0 Å². The number of benzene rings is 1. The van der Waals surface area contributed by atoms with Gasteiger partial charge in [-0.25, -0.2) is 0 Å². The maximum atomic E-state index is 13.6. The van der Waals surface area contributed by atoms with Gasteiger partial charge in [0.15, 0.2) is 5.78 Å². The van der Waals surface area contributed by atoms with E-state index in [0.717, 1.165) is 11.1 Å². The lowest BCUT2D eigenvalue weighted by molar-refractivity contribution is -0.123. The highest BCUT2D eigenvalue weighted by atomic mass is 16.5. The minimum absolute atomic E-state index is 0.0203. The summed E-state index contributed by atoms with van der Waals surface area (Å²) in [7, 11) is 0. The summed E-state index contributed by atoms with van der Waals surface area (Å²) in [5.41, 5.74) is 1.23. The monoisotopic (exact) mass is 638 g/mol. The van der Waals surface area contributed by atoms with Crippen LogP contribution in [0.15, 0.2) is 42.6 Å². The Morgan fingerprint density at radius 2 is 1.15 bits per heavy atom. The lowest BCUT2D eigenvalue weighted by Gasteiger charge is -2.34. The smallest absolute Gasteiger partial charge is 0.251 e. The second-order valence-corrected chi connectivity index (χ2v) is 12.6. The van der Waals surface area contributed by atoms with Gasteiger partial charge in [0.1, 0.15) is 28.6 Å². The second kappa shape index (κ2) is 19.2. The van der Waals surface area contributed by atoms with Crippen molar-refractivity contribution in [3.05, 3.63) is 53.9 Å². The fourth-order valence-corrected chi connectivity index (χ4v) is 4.31. The topological polar surface area (TPSA) is 138 Å². The molecule has 0 spiro atoms. The maximum Gasteiger partial charge on any atom is 0.251 e. The van der Waals surface area contributed by atoms with Crippen LogP contribution in [0.4, 0.5) is 0 Å². The highest BCUT2D eigenvalue weighted by molar-refractivity contribution is 5.96. The first-order chi connectivity index (χ1) is 21.7. The van der Waals surface area contributed by atoms with E-state index in [2.05, 4.69) is 10.3 Å². The number of Topliss-reactive ketones (excluding diaryl/α,β-unsaturated/α-hetero) is 4. The molecule has 1 aromatic carbocycles. The largest absolute Gasteiger partial charge is 0.378 e. The molecule has 1 heterocycles. The van der Waals surface area contributed by atoms with Crippen molar-refractivity contribution in [2.45, 2.75) is 73.3 Å². The fourth-order valence-electron chi connectivity index (χ4n) is 4.31. The number of hydrogen-bond donors (Lipinski definition) is 1. The number of rotatable bonds is 22. The van der Waals surface area contributed by atoms with Crippen LogP contribution in [0.1, 0.15) is 88.6 Å². The van der Waals surface area contributed by atoms with Crippen LogP contribution in [0, 0.1) is 17.8 Å². The standard InChI is InChI=1S/C36H50N2O8/c1-24(2)32(40)15-18-45-22-36(21-44-17-14-27(7)39,23-46-19-16-33(41)25(3)4)38-35(43)29-10-8-28(9-11-29)30-12-13-31(37-20-30)34(42)26(5)6/h8-13,20,24-26H,14-19,21-23H2,1-7H3,(H,38,43). The van der Waals surface area contributed by atoms with E-state index < -0.39 is 11.4 Å². The Morgan fingerprint density at radius 3 is 1.57 bits per heavy atom. The Balaban J connectivity index is 2.25. The molecule has 2 rings (SSSR count). The zero-order valence-electron chi connectivity index (χ0n) is 28.4. The second-order valence-electron chi connectivity index (χ2n) is 12.6. The Bertz CT molecular complexity index is 1270. The first-order valence-corrected chi connectivity index (χ1v) is 16.0. The van der Waals surface area contributed by atoms with Crippen LogP contribution < -0.4 is 5.32 Å². The molecule has 0 atom stereocenters. The molecule has 0 fully saturated rings. The summed E-state index contributed by atoms with van der Waals surface area (Å²) in [6, 6.07) is 10.5. The lowest BCUT2D eigenvalue weighted by atomic mass is 10.00. The van der Waals surface area contributed by atoms with Gasteiger partial charge in [-0.05, 0) is 30.7 Å². The van der Waals surface area contributed by atoms with Crippen molar-refractivity contribution in [1.29, 1.82) is 0 Å². The van der Waals surface area contributed by atoms with E-state index in [1.165, 1.54) is 6.92 Å². The number of ether oxygens (including phenoxy) is 3. The number of hydrogen-bond acceptors (Lipinski definition) is 9. The number of ketones is 4. The van der Waals surface area contributed by atoms with Crippen molar-refractivity contribution >= 4 is 29.0 Å². The van der Waals surface area contributed by atoms with Gasteiger partial charge in [0, 0.05) is 54.3 Å². The summed E-state index contributed by atoms with van der Waals surface area (Å²) >= 11 is 0. The van der Waals surface area contributed by atoms with Gasteiger partial charge in [0.25, 0.3) is 5.91 Å². The molecule has 10 heteroatoms. The van der Waals surface area contributed by atoms with E-state index in [4.69, 9.17) is 14.2 Å². The number of carbonyl (C=O) groups excluding carboxylic acids is 5. The van der Waals surface area contributed by atoms with Crippen molar-refractivity contribution < 1.29 is 38.2 Å². The molecule has 0 bridgehead atoms. The molecular weight excluding hydrogens is 588 g/mol. The minimum Gasteiger partial charge on any atom is -0.378 e. The number of carbonyl (C=O) groups is 5. The van der Waals surface area contributed by atoms with Crippen LogP contribution in [0.3, 0.4) is 0 Å². The molecule has 0 aliphatic heterocycles. The zero-order chi connectivity index (χ0) is 34.3. The Morgan fingerprint density at radius 1 is 0.674 bits per heavy atom. The SMILES string of the molecule is CC(=O)CCOCC(COCCC(=O)C(C)C)(COCCC(=O)C(C)C)NC(=O)c1ccc(-c2ccc(C(=O)C(C)C)nc2)cc1. The van der Waals surface area contributed by atoms with Gasteiger partial charge in [-0.1, -0.05) is 59.7 Å². The van der Waals surface area contributed by atoms with Gasteiger partial charge in [-0.3, -0.25) is 29.0 Å². The summed E-state index contributed by atoms with van der Waals surface area (Å²) < 4.78 is 17.7. The predicted octanol–water partition coefficient (Wildman–Crippen LogP) is 5.32. The summed E-state index contributed by atoms with van der Waals surface area (Å²) in [6.45, 7) is 12.8. The molecule has 1 N–H and O–H groups in total. The van der Waals surface area contributed by atoms with E-state index in [1.807, 2.05) is 47.6 Å². The quantitative estimate of drug-likeness (QED) is 0.134. The van der Waals surface area contributed by atoms with Crippen molar-refractivity contribution in [3.63, 3.8) is 0 Å². The van der Waals surface area contributed by atoms with E-state index in [9.17, 15) is 24.0 Å². The van der Waals surface area contributed by atoms with Gasteiger partial charge < -0.3 is 19.5 Å². The third-order valence-corrected chi connectivity index (χ3v) is 7.41. The fraction of sp³-hybridized carbons (Fsp3) is 0.556. The van der Waals surface area contributed by atoms with Crippen molar-refractivity contribution in [2.75, 3.05) is 39.6 Å². The number of pyridine rings is 1. The van der Waals surface area contributed by atoms with E-state index in [1.54, 1.807) is 36.5 Å². The average molecular weight is 639 g/mol. The number of amides is 1. The van der Waals surface area contributed by atoms with Gasteiger partial charge in [0.05, 0.1) is 39.6 Å². The minimum atomic E-state index is -1.17. The van der Waals surface area contributed by atoms with Gasteiger partial charge in [0.2, 0.25) is 0 Å². The third-order valence-electron chi connectivity index (χ3n) is 7.41. The first kappa shape index (κ1) is 38.6. The highest BCUT2D eigenvalue weighted by Gasteiger charge is 2.34. The zero-order valence-corrected chi connectivity index (χ0v) is 28.4. The number of nitrogens with one attached hydrogen (secondary N) is 1. The molecule has 0 saturated heterocycles. The average Bonchev–Trinajstić information content (AvgIpc) is 3.02. The molecule has 0 radical (unpaired) electrons. The summed E-state index contributed by atoms with van der Waals surface area (Å²) in [6.07, 6.45) is 2.29. The van der Waals surface area contributed by atoms with E-state index in [0.29, 0.717) is 11.3 Å². The highest BCUT2D eigenvalue weighted by Crippen LogP contribution is 2.21. The summed E-state index contributed by atoms with van der Waals surface area (Å²) in [5.74, 6) is -0.728. The summed E-state index contributed by atoms with van der Waals surface area (Å²) in [4.78, 5) is 66.0. The molecule has 2 aromatic rings. The van der Waals surface area contributed by atoms with Gasteiger partial charge >= 0.3 is 0 Å². The molecule has 0 saturated carbocycles. The first-order valence-electron chi connectivity index (χ1n) is 16.0. The molecule has 0 unspecified atom stereocenters. The van der Waals surface area contributed by atoms with Crippen LogP contribution in [0.2, 0.25) is 0 Å². The predicted molar refractivity (Wildman–Crippen MR) is 176 cm³/mol. The van der Waals surface area contributed by atoms with Crippen molar-refractivity contribution in [1.82, 2.24) is 10.3 Å². The van der Waals surface area contributed by atoms with Crippen LogP contribution in [0.25, 0.3) is 11.1 Å². The Hall–Kier alpha value is -3.60. The van der Waals surface area contributed by atoms with Crippen LogP contribution in [-0.2, 0) is 28.6 Å². The van der Waals surface area contributed by atoms with Crippen molar-refractivity contribution in [2.24, 2.45) is 17.8 Å². The molecule has 0 aliphatic rings. The molecule has 1 aromatic heterocycles. The van der Waals surface area contributed by atoms with Crippen LogP contribution >= 0.6 is 0 Å². The van der Waals surface area contributed by atoms with Crippen molar-refractivity contribution in [3.8, 4) is 11.1 Å². The molecule has 0 aliphatic carbocycles. The molecule has 10 nitrogen and oxygen atoms in total. The molecule has 46 heavy (non-hydrogen) atoms. The number of nitrogens with zero attached hydrogens (tertiary/aromatic N) is 1. The number of aromatic nitrogens is 1. The molecular formula is C36H50N2O8. The third kappa shape index (κ3) is 13.0. The van der Waals surface area contributed by atoms with Crippen LogP contribution in [-0.4, -0.2) is 79.2 Å². The Labute approximate surface area is 273 Å². The molecule has 252 valence electrons. The molecule has 1 amide bonds. The lowest BCUT2D eigenvalue weighted by Crippen LogP contribution is -2.58. The van der Waals surface area contributed by atoms with E-state index >= 15 is 0 Å². The van der Waals surface area contributed by atoms with Crippen LogP contribution in [0.5, 0.6) is 0 Å². The Kier molecular flexibility index (Phi) is 16.1. The maximum absolute atomic E-state index is 13.6. The summed E-state index contributed by atoms with van der Waals surface area (Å²) in [5, 5.41) is 3.03. The van der Waals surface area contributed by atoms with Gasteiger partial charge in [-0.2, -0.15) is 0 Å². The normalized spacial score (nSPS) is 11.7. The van der Waals surface area contributed by atoms with E-state index in [-0.39, 0.29) is 99.8 Å².